The second-order valence-electron chi connectivity index (χ2n) is 11.2. The number of carbonyl (C=O) groups excluding carboxylic acids is 1. The molecule has 39 heavy (non-hydrogen) atoms. The summed E-state index contributed by atoms with van der Waals surface area (Å²) in [5.74, 6) is -0.000765. The number of H-pyrrole nitrogens is 1. The lowest BCUT2D eigenvalue weighted by molar-refractivity contribution is 0.0731. The van der Waals surface area contributed by atoms with Crippen LogP contribution in [0.25, 0.3) is 22.2 Å². The van der Waals surface area contributed by atoms with Gasteiger partial charge in [0.15, 0.2) is 0 Å². The summed E-state index contributed by atoms with van der Waals surface area (Å²) >= 11 is 0. The first-order chi connectivity index (χ1) is 18.9. The van der Waals surface area contributed by atoms with Crippen LogP contribution in [0.5, 0.6) is 0 Å². The van der Waals surface area contributed by atoms with Crippen LogP contribution in [-0.4, -0.2) is 59.7 Å². The molecule has 7 rings (SSSR count). The number of amides is 2. The maximum Gasteiger partial charge on any atom is 0.407 e. The highest BCUT2D eigenvalue weighted by Crippen LogP contribution is 2.40. The zero-order valence-electron chi connectivity index (χ0n) is 22.3. The Kier molecular flexibility index (Phi) is 5.50. The zero-order chi connectivity index (χ0) is 26.8. The molecule has 0 unspecified atom stereocenters. The fourth-order valence-electron chi connectivity index (χ4n) is 6.44. The summed E-state index contributed by atoms with van der Waals surface area (Å²) < 4.78 is 1.99. The standard InChI is InChI=1S/C30H32N6O3/c1-17-13-31-28-23(17)12-21(14-32-28)20-10-19-7-9-34(29(37)25-15-33-36(18(25)2)22-5-6-22)16-26(19)24(11-20)27-4-3-8-35(27)30(38)39/h10-15,22,27H,3-9,16H2,1-2H3,(H,31,32)(H,38,39)/t27-/m0/s1. The average molecular weight is 525 g/mol. The first-order valence-electron chi connectivity index (χ1n) is 13.8. The van der Waals surface area contributed by atoms with E-state index in [1.807, 2.05) is 28.9 Å². The number of aromatic nitrogens is 4. The molecule has 0 bridgehead atoms. The van der Waals surface area contributed by atoms with Crippen LogP contribution in [0.4, 0.5) is 4.79 Å². The quantitative estimate of drug-likeness (QED) is 0.372. The average Bonchev–Trinajstić information content (AvgIpc) is 3.35. The first-order valence-corrected chi connectivity index (χ1v) is 13.8. The molecule has 2 amide bonds. The largest absolute Gasteiger partial charge is 0.465 e. The molecule has 1 saturated carbocycles. The molecule has 1 saturated heterocycles. The third-order valence-electron chi connectivity index (χ3n) is 8.76. The van der Waals surface area contributed by atoms with Crippen molar-refractivity contribution in [2.45, 2.75) is 64.6 Å². The Hall–Kier alpha value is -4.14. The van der Waals surface area contributed by atoms with Crippen LogP contribution >= 0.6 is 0 Å². The number of nitrogens with zero attached hydrogens (tertiary/aromatic N) is 5. The van der Waals surface area contributed by atoms with Crippen molar-refractivity contribution in [2.75, 3.05) is 13.1 Å². The summed E-state index contributed by atoms with van der Waals surface area (Å²) in [5, 5.41) is 15.6. The molecule has 0 radical (unpaired) electrons. The number of carbonyl (C=O) groups is 2. The van der Waals surface area contributed by atoms with Crippen molar-refractivity contribution in [2.24, 2.45) is 0 Å². The Morgan fingerprint density at radius 1 is 1.05 bits per heavy atom. The van der Waals surface area contributed by atoms with Gasteiger partial charge < -0.3 is 19.9 Å². The van der Waals surface area contributed by atoms with Gasteiger partial charge in [0, 0.05) is 48.7 Å². The number of hydrogen-bond acceptors (Lipinski definition) is 4. The molecule has 3 aliphatic rings. The lowest BCUT2D eigenvalue weighted by atomic mass is 9.86. The lowest BCUT2D eigenvalue weighted by Gasteiger charge is -2.33. The van der Waals surface area contributed by atoms with E-state index in [1.54, 1.807) is 11.1 Å². The SMILES string of the molecule is Cc1c[nH]c2ncc(-c3cc4c(c([C@@H]5CCCN5C(=O)O)c3)CN(C(=O)c3cnn(C5CC5)c3C)CC4)cc12. The molecule has 2 fully saturated rings. The number of aryl methyl sites for hydroxylation is 1. The second-order valence-corrected chi connectivity index (χ2v) is 11.2. The Morgan fingerprint density at radius 3 is 2.69 bits per heavy atom. The topological polar surface area (TPSA) is 107 Å². The Bertz CT molecular complexity index is 1630. The van der Waals surface area contributed by atoms with Crippen molar-refractivity contribution >= 4 is 23.0 Å². The monoisotopic (exact) mass is 524 g/mol. The molecule has 1 atom stereocenters. The number of rotatable bonds is 4. The van der Waals surface area contributed by atoms with Gasteiger partial charge >= 0.3 is 6.09 Å². The molecular formula is C30H32N6O3. The van der Waals surface area contributed by atoms with Gasteiger partial charge in [0.1, 0.15) is 5.65 Å². The molecule has 9 heteroatoms. The minimum Gasteiger partial charge on any atom is -0.465 e. The molecule has 5 heterocycles. The van der Waals surface area contributed by atoms with Gasteiger partial charge in [-0.15, -0.1) is 0 Å². The van der Waals surface area contributed by atoms with Crippen molar-refractivity contribution in [3.63, 3.8) is 0 Å². The fourth-order valence-corrected chi connectivity index (χ4v) is 6.44. The van der Waals surface area contributed by atoms with Crippen LogP contribution in [0, 0.1) is 13.8 Å². The third kappa shape index (κ3) is 3.99. The summed E-state index contributed by atoms with van der Waals surface area (Å²) in [6.07, 6.45) is 9.22. The third-order valence-corrected chi connectivity index (χ3v) is 8.76. The van der Waals surface area contributed by atoms with Crippen molar-refractivity contribution in [3.05, 3.63) is 70.3 Å². The smallest absolute Gasteiger partial charge is 0.407 e. The summed E-state index contributed by atoms with van der Waals surface area (Å²) in [6.45, 7) is 5.65. The molecule has 1 aliphatic carbocycles. The number of benzene rings is 1. The summed E-state index contributed by atoms with van der Waals surface area (Å²) in [4.78, 5) is 37.1. The van der Waals surface area contributed by atoms with Gasteiger partial charge in [0.05, 0.1) is 23.8 Å². The van der Waals surface area contributed by atoms with Gasteiger partial charge in [-0.1, -0.05) is 6.07 Å². The van der Waals surface area contributed by atoms with E-state index in [0.717, 1.165) is 76.6 Å². The molecule has 4 aromatic rings. The number of hydrogen-bond donors (Lipinski definition) is 2. The number of pyridine rings is 1. The highest BCUT2D eigenvalue weighted by Gasteiger charge is 2.35. The Labute approximate surface area is 226 Å². The van der Waals surface area contributed by atoms with Crippen LogP contribution in [0.15, 0.2) is 36.8 Å². The maximum atomic E-state index is 13.7. The van der Waals surface area contributed by atoms with Gasteiger partial charge in [-0.3, -0.25) is 9.48 Å². The van der Waals surface area contributed by atoms with Crippen molar-refractivity contribution < 1.29 is 14.7 Å². The lowest BCUT2D eigenvalue weighted by Crippen LogP contribution is -2.38. The number of likely N-dealkylation sites (tertiary alicyclic amines) is 1. The van der Waals surface area contributed by atoms with E-state index in [4.69, 9.17) is 0 Å². The molecule has 2 N–H and O–H groups in total. The minimum absolute atomic E-state index is 0.000765. The van der Waals surface area contributed by atoms with Crippen molar-refractivity contribution in [1.29, 1.82) is 0 Å². The van der Waals surface area contributed by atoms with Gasteiger partial charge in [0.25, 0.3) is 5.91 Å². The molecule has 0 spiro atoms. The molecule has 1 aromatic carbocycles. The summed E-state index contributed by atoms with van der Waals surface area (Å²) in [6, 6.07) is 6.70. The van der Waals surface area contributed by atoms with E-state index in [9.17, 15) is 14.7 Å². The van der Waals surface area contributed by atoms with Crippen LogP contribution in [0.3, 0.4) is 0 Å². The van der Waals surface area contributed by atoms with E-state index in [2.05, 4.69) is 40.2 Å². The van der Waals surface area contributed by atoms with Crippen LogP contribution in [0.1, 0.15) is 76.1 Å². The zero-order valence-corrected chi connectivity index (χ0v) is 22.3. The number of aromatic amines is 1. The molecular weight excluding hydrogens is 492 g/mol. The predicted octanol–water partition coefficient (Wildman–Crippen LogP) is 5.39. The minimum atomic E-state index is -0.894. The predicted molar refractivity (Wildman–Crippen MR) is 147 cm³/mol. The van der Waals surface area contributed by atoms with Gasteiger partial charge in [-0.2, -0.15) is 5.10 Å². The highest BCUT2D eigenvalue weighted by molar-refractivity contribution is 5.95. The number of nitrogens with one attached hydrogen (secondary N) is 1. The molecule has 2 aliphatic heterocycles. The summed E-state index contributed by atoms with van der Waals surface area (Å²) in [5.41, 5.74) is 8.91. The first kappa shape index (κ1) is 23.9. The van der Waals surface area contributed by atoms with Gasteiger partial charge in [-0.25, -0.2) is 9.78 Å². The van der Waals surface area contributed by atoms with E-state index in [0.29, 0.717) is 31.2 Å². The highest BCUT2D eigenvalue weighted by atomic mass is 16.4. The summed E-state index contributed by atoms with van der Waals surface area (Å²) in [7, 11) is 0. The van der Waals surface area contributed by atoms with E-state index >= 15 is 0 Å². The van der Waals surface area contributed by atoms with Crippen LogP contribution in [-0.2, 0) is 13.0 Å². The maximum absolute atomic E-state index is 13.7. The fraction of sp³-hybridized carbons (Fsp3) is 0.400. The Morgan fingerprint density at radius 2 is 1.90 bits per heavy atom. The van der Waals surface area contributed by atoms with Crippen LogP contribution in [0.2, 0.25) is 0 Å². The van der Waals surface area contributed by atoms with E-state index in [-0.39, 0.29) is 11.9 Å². The molecule has 200 valence electrons. The normalized spacial score (nSPS) is 19.1. The van der Waals surface area contributed by atoms with Gasteiger partial charge in [0.2, 0.25) is 0 Å². The van der Waals surface area contributed by atoms with Crippen LogP contribution < -0.4 is 0 Å². The molecule has 3 aromatic heterocycles. The van der Waals surface area contributed by atoms with E-state index < -0.39 is 6.09 Å². The number of fused-ring (bicyclic) bond motifs is 2. The Balaban J connectivity index is 1.29. The molecule has 9 nitrogen and oxygen atoms in total. The second kappa shape index (κ2) is 8.97. The van der Waals surface area contributed by atoms with Crippen molar-refractivity contribution in [1.82, 2.24) is 29.5 Å². The van der Waals surface area contributed by atoms with Gasteiger partial charge in [-0.05, 0) is 85.9 Å². The van der Waals surface area contributed by atoms with Crippen molar-refractivity contribution in [3.8, 4) is 11.1 Å². The number of carboxylic acid groups (broad SMARTS) is 1. The van der Waals surface area contributed by atoms with E-state index in [1.165, 1.54) is 5.56 Å².